The molecule has 0 amide bonds. The van der Waals surface area contributed by atoms with E-state index in [-0.39, 0.29) is 10.8 Å². The van der Waals surface area contributed by atoms with E-state index in [4.69, 9.17) is 9.47 Å². The number of nitrogens with one attached hydrogen (secondary N) is 1. The van der Waals surface area contributed by atoms with Crippen LogP contribution in [0.2, 0.25) is 0 Å². The van der Waals surface area contributed by atoms with Gasteiger partial charge >= 0.3 is 0 Å². The van der Waals surface area contributed by atoms with Crippen molar-refractivity contribution in [2.75, 3.05) is 32.8 Å². The molecule has 1 saturated heterocycles. The predicted molar refractivity (Wildman–Crippen MR) is 87.8 cm³/mol. The van der Waals surface area contributed by atoms with E-state index in [2.05, 4.69) is 14.6 Å². The molecule has 1 spiro atoms. The Morgan fingerprint density at radius 3 is 2.79 bits per heavy atom. The van der Waals surface area contributed by atoms with Crippen LogP contribution in [0.5, 0.6) is 11.8 Å². The predicted octanol–water partition coefficient (Wildman–Crippen LogP) is 1.15. The first-order valence-corrected chi connectivity index (χ1v) is 10.1. The molecule has 8 heteroatoms. The Hall–Kier alpha value is -1.38. The first-order chi connectivity index (χ1) is 11.6. The highest BCUT2D eigenvalue weighted by Crippen LogP contribution is 2.43. The van der Waals surface area contributed by atoms with Crippen molar-refractivity contribution >= 4 is 10.0 Å². The van der Waals surface area contributed by atoms with Gasteiger partial charge < -0.3 is 9.47 Å². The fourth-order valence-corrected chi connectivity index (χ4v) is 4.37. The molecule has 0 atom stereocenters. The van der Waals surface area contributed by atoms with Crippen molar-refractivity contribution < 1.29 is 17.9 Å². The van der Waals surface area contributed by atoms with Crippen LogP contribution in [0.1, 0.15) is 32.1 Å². The highest BCUT2D eigenvalue weighted by Gasteiger charge is 2.49. The van der Waals surface area contributed by atoms with Crippen LogP contribution in [0.4, 0.5) is 0 Å². The highest BCUT2D eigenvalue weighted by molar-refractivity contribution is 7.89. The van der Waals surface area contributed by atoms with Gasteiger partial charge in [-0.25, -0.2) is 13.1 Å². The van der Waals surface area contributed by atoms with Gasteiger partial charge in [0.05, 0.1) is 6.54 Å². The van der Waals surface area contributed by atoms with Crippen LogP contribution in [0.15, 0.2) is 17.0 Å². The van der Waals surface area contributed by atoms with Crippen molar-refractivity contribution in [3.05, 3.63) is 12.1 Å². The summed E-state index contributed by atoms with van der Waals surface area (Å²) < 4.78 is 38.7. The van der Waals surface area contributed by atoms with Gasteiger partial charge in [-0.15, -0.1) is 0 Å². The number of likely N-dealkylation sites (tertiary alicyclic amines) is 1. The largest absolute Gasteiger partial charge is 0.476 e. The summed E-state index contributed by atoms with van der Waals surface area (Å²) in [5, 5.41) is 0. The normalized spacial score (nSPS) is 24.7. The van der Waals surface area contributed by atoms with Crippen LogP contribution in [0.25, 0.3) is 0 Å². The average Bonchev–Trinajstić information content (AvgIpc) is 3.35. The van der Waals surface area contributed by atoms with Crippen molar-refractivity contribution in [1.29, 1.82) is 0 Å². The van der Waals surface area contributed by atoms with Crippen molar-refractivity contribution in [3.63, 3.8) is 0 Å². The fourth-order valence-electron chi connectivity index (χ4n) is 3.19. The fraction of sp³-hybridized carbons (Fsp3) is 0.688. The minimum absolute atomic E-state index is 0.0923. The second-order valence-electron chi connectivity index (χ2n) is 6.81. The van der Waals surface area contributed by atoms with Crippen molar-refractivity contribution in [2.24, 2.45) is 0 Å². The molecule has 1 N–H and O–H groups in total. The van der Waals surface area contributed by atoms with E-state index in [1.54, 1.807) is 6.07 Å². The van der Waals surface area contributed by atoms with Crippen LogP contribution < -0.4 is 14.2 Å². The average molecular weight is 353 g/mol. The number of fused-ring (bicyclic) bond motifs is 1. The summed E-state index contributed by atoms with van der Waals surface area (Å²) in [6.07, 6.45) is 5.49. The molecule has 3 heterocycles. The molecule has 2 fully saturated rings. The lowest BCUT2D eigenvalue weighted by Crippen LogP contribution is -2.33. The Labute approximate surface area is 142 Å². The first-order valence-electron chi connectivity index (χ1n) is 8.61. The van der Waals surface area contributed by atoms with Crippen LogP contribution in [0.3, 0.4) is 0 Å². The zero-order chi connectivity index (χ0) is 16.6. The number of piperidine rings is 1. The quantitative estimate of drug-likeness (QED) is 0.875. The summed E-state index contributed by atoms with van der Waals surface area (Å²) in [4.78, 5) is 6.78. The van der Waals surface area contributed by atoms with Gasteiger partial charge in [-0.3, -0.25) is 4.90 Å². The van der Waals surface area contributed by atoms with Crippen LogP contribution in [0, 0.1) is 0 Å². The van der Waals surface area contributed by atoms with Crippen LogP contribution in [-0.2, 0) is 10.0 Å². The van der Waals surface area contributed by atoms with Crippen molar-refractivity contribution in [3.8, 4) is 11.8 Å². The number of sulfonamides is 1. The second-order valence-corrected chi connectivity index (χ2v) is 8.55. The van der Waals surface area contributed by atoms with Gasteiger partial charge in [0, 0.05) is 12.6 Å². The molecule has 2 aliphatic heterocycles. The molecule has 1 aromatic heterocycles. The third kappa shape index (κ3) is 3.36. The number of ether oxygens (including phenoxy) is 2. The minimum atomic E-state index is -3.57. The monoisotopic (exact) mass is 353 g/mol. The summed E-state index contributed by atoms with van der Waals surface area (Å²) in [7, 11) is -3.57. The SMILES string of the molecule is O=S1(=O)NCC2(CC2)Oc2nc(OCCN3CCCCC3)ccc21. The number of hydrogen-bond donors (Lipinski definition) is 1. The Morgan fingerprint density at radius 1 is 1.25 bits per heavy atom. The van der Waals surface area contributed by atoms with Gasteiger partial charge in [0.15, 0.2) is 0 Å². The third-order valence-electron chi connectivity index (χ3n) is 4.90. The van der Waals surface area contributed by atoms with E-state index in [0.29, 0.717) is 19.0 Å². The molecule has 7 nitrogen and oxygen atoms in total. The van der Waals surface area contributed by atoms with E-state index in [1.165, 1.54) is 25.3 Å². The summed E-state index contributed by atoms with van der Waals surface area (Å²) in [5.41, 5.74) is -0.419. The molecule has 0 radical (unpaired) electrons. The maximum Gasteiger partial charge on any atom is 0.246 e. The molecule has 0 bridgehead atoms. The Balaban J connectivity index is 1.45. The Morgan fingerprint density at radius 2 is 2.04 bits per heavy atom. The lowest BCUT2D eigenvalue weighted by Gasteiger charge is -2.26. The standard InChI is InChI=1S/C16H23N3O4S/c20-24(21)13-4-5-14(22-11-10-19-8-2-1-3-9-19)18-15(13)23-16(6-7-16)12-17-24/h4-5,17H,1-3,6-12H2. The Bertz CT molecular complexity index is 712. The third-order valence-corrected chi connectivity index (χ3v) is 6.31. The van der Waals surface area contributed by atoms with Crippen LogP contribution in [-0.4, -0.2) is 56.7 Å². The molecule has 24 heavy (non-hydrogen) atoms. The Kier molecular flexibility index (Phi) is 4.14. The molecule has 0 aromatic carbocycles. The van der Waals surface area contributed by atoms with Crippen LogP contribution >= 0.6 is 0 Å². The molecule has 1 saturated carbocycles. The smallest absolute Gasteiger partial charge is 0.246 e. The summed E-state index contributed by atoms with van der Waals surface area (Å²) >= 11 is 0. The van der Waals surface area contributed by atoms with Gasteiger partial charge in [0.2, 0.25) is 21.8 Å². The number of pyridine rings is 1. The number of rotatable bonds is 4. The van der Waals surface area contributed by atoms with Gasteiger partial charge in [-0.2, -0.15) is 4.98 Å². The van der Waals surface area contributed by atoms with Crippen molar-refractivity contribution in [2.45, 2.75) is 42.6 Å². The lowest BCUT2D eigenvalue weighted by atomic mass is 10.1. The number of nitrogens with zero attached hydrogens (tertiary/aromatic N) is 2. The lowest BCUT2D eigenvalue weighted by molar-refractivity contribution is 0.164. The molecular weight excluding hydrogens is 330 g/mol. The number of hydrogen-bond acceptors (Lipinski definition) is 6. The summed E-state index contributed by atoms with van der Waals surface area (Å²) in [6.45, 7) is 3.95. The van der Waals surface area contributed by atoms with Gasteiger partial charge in [-0.05, 0) is 44.8 Å². The van der Waals surface area contributed by atoms with Gasteiger partial charge in [0.1, 0.15) is 17.1 Å². The molecule has 1 aliphatic carbocycles. The summed E-state index contributed by atoms with van der Waals surface area (Å²) in [6, 6.07) is 3.12. The second kappa shape index (κ2) is 6.16. The van der Waals surface area contributed by atoms with Crippen molar-refractivity contribution in [1.82, 2.24) is 14.6 Å². The molecule has 132 valence electrons. The summed E-state index contributed by atoms with van der Waals surface area (Å²) in [5.74, 6) is 0.576. The number of aromatic nitrogens is 1. The van der Waals surface area contributed by atoms with E-state index in [1.807, 2.05) is 0 Å². The highest BCUT2D eigenvalue weighted by atomic mass is 32.2. The molecule has 1 aromatic rings. The topological polar surface area (TPSA) is 80.8 Å². The maximum atomic E-state index is 12.3. The molecule has 3 aliphatic rings. The van der Waals surface area contributed by atoms with E-state index >= 15 is 0 Å². The van der Waals surface area contributed by atoms with Gasteiger partial charge in [-0.1, -0.05) is 6.42 Å². The van der Waals surface area contributed by atoms with E-state index in [0.717, 1.165) is 32.5 Å². The molecule has 0 unspecified atom stereocenters. The maximum absolute atomic E-state index is 12.3. The first kappa shape index (κ1) is 16.1. The van der Waals surface area contributed by atoms with E-state index in [9.17, 15) is 8.42 Å². The minimum Gasteiger partial charge on any atom is -0.476 e. The van der Waals surface area contributed by atoms with E-state index < -0.39 is 15.6 Å². The zero-order valence-electron chi connectivity index (χ0n) is 13.7. The molecular formula is C16H23N3O4S. The zero-order valence-corrected chi connectivity index (χ0v) is 14.5. The van der Waals surface area contributed by atoms with Gasteiger partial charge in [0.25, 0.3) is 0 Å². The molecule has 4 rings (SSSR count).